The third kappa shape index (κ3) is 3.79. The Hall–Kier alpha value is -3.23. The lowest BCUT2D eigenvalue weighted by atomic mass is 10.1. The standard InChI is InChI=1S/C22H16N2O4S2/c1-13-3-4-14(2)18(11-13)23-21(25)20(30-22(23)29)12-17-9-10-19(28-17)15-5-7-16(8-6-15)24(26)27/h3-12H,1-2H3. The Bertz CT molecular complexity index is 1210. The summed E-state index contributed by atoms with van der Waals surface area (Å²) >= 11 is 6.68. The number of aryl methyl sites for hydroxylation is 2. The molecule has 0 N–H and O–H groups in total. The van der Waals surface area contributed by atoms with Crippen molar-refractivity contribution in [1.29, 1.82) is 0 Å². The summed E-state index contributed by atoms with van der Waals surface area (Å²) in [7, 11) is 0. The van der Waals surface area contributed by atoms with Crippen molar-refractivity contribution < 1.29 is 14.1 Å². The SMILES string of the molecule is Cc1ccc(C)c(N2C(=O)C(=Cc3ccc(-c4ccc([N+](=O)[O-])cc4)o3)SC2=S)c1. The highest BCUT2D eigenvalue weighted by Gasteiger charge is 2.34. The van der Waals surface area contributed by atoms with Crippen molar-refractivity contribution in [2.45, 2.75) is 13.8 Å². The van der Waals surface area contributed by atoms with Gasteiger partial charge in [0.1, 0.15) is 11.5 Å². The van der Waals surface area contributed by atoms with Crippen LogP contribution < -0.4 is 4.90 Å². The van der Waals surface area contributed by atoms with Crippen LogP contribution >= 0.6 is 24.0 Å². The molecule has 2 aromatic carbocycles. The maximum Gasteiger partial charge on any atom is 0.270 e. The van der Waals surface area contributed by atoms with E-state index in [2.05, 4.69) is 0 Å². The fraction of sp³-hybridized carbons (Fsp3) is 0.0909. The number of anilines is 1. The van der Waals surface area contributed by atoms with E-state index < -0.39 is 4.92 Å². The summed E-state index contributed by atoms with van der Waals surface area (Å²) in [6.45, 7) is 3.92. The molecule has 8 heteroatoms. The number of hydrogen-bond acceptors (Lipinski definition) is 6. The van der Waals surface area contributed by atoms with Crippen molar-refractivity contribution in [2.75, 3.05) is 4.90 Å². The van der Waals surface area contributed by atoms with Crippen LogP contribution in [0, 0.1) is 24.0 Å². The molecule has 0 saturated carbocycles. The zero-order chi connectivity index (χ0) is 21.4. The highest BCUT2D eigenvalue weighted by Crippen LogP contribution is 2.38. The van der Waals surface area contributed by atoms with Crippen LogP contribution in [0.3, 0.4) is 0 Å². The Morgan fingerprint density at radius 3 is 2.53 bits per heavy atom. The van der Waals surface area contributed by atoms with E-state index in [1.54, 1.807) is 35.2 Å². The molecule has 150 valence electrons. The topological polar surface area (TPSA) is 76.6 Å². The quantitative estimate of drug-likeness (QED) is 0.220. The molecule has 1 aliphatic rings. The summed E-state index contributed by atoms with van der Waals surface area (Å²) in [5.74, 6) is 0.873. The first-order valence-electron chi connectivity index (χ1n) is 9.03. The average molecular weight is 437 g/mol. The maximum atomic E-state index is 13.0. The molecule has 30 heavy (non-hydrogen) atoms. The normalized spacial score (nSPS) is 15.3. The van der Waals surface area contributed by atoms with Crippen LogP contribution in [0.5, 0.6) is 0 Å². The van der Waals surface area contributed by atoms with Crippen LogP contribution in [0.2, 0.25) is 0 Å². The van der Waals surface area contributed by atoms with Gasteiger partial charge in [-0.3, -0.25) is 19.8 Å². The molecule has 4 rings (SSSR count). The van der Waals surface area contributed by atoms with Crippen molar-refractivity contribution in [2.24, 2.45) is 0 Å². The van der Waals surface area contributed by atoms with E-state index in [4.69, 9.17) is 16.6 Å². The van der Waals surface area contributed by atoms with E-state index in [1.165, 1.54) is 23.9 Å². The number of rotatable bonds is 4. The zero-order valence-corrected chi connectivity index (χ0v) is 17.8. The summed E-state index contributed by atoms with van der Waals surface area (Å²) in [6.07, 6.45) is 1.67. The van der Waals surface area contributed by atoms with Gasteiger partial charge < -0.3 is 4.42 Å². The molecule has 3 aromatic rings. The number of amides is 1. The number of carbonyl (C=O) groups excluding carboxylic acids is 1. The molecule has 1 amide bonds. The van der Waals surface area contributed by atoms with Gasteiger partial charge in [0.2, 0.25) is 0 Å². The number of carbonyl (C=O) groups is 1. The molecule has 0 radical (unpaired) electrons. The fourth-order valence-corrected chi connectivity index (χ4v) is 4.36. The van der Waals surface area contributed by atoms with E-state index in [0.29, 0.717) is 26.3 Å². The molecule has 1 aromatic heterocycles. The summed E-state index contributed by atoms with van der Waals surface area (Å²) in [4.78, 5) is 25.4. The Morgan fingerprint density at radius 2 is 1.83 bits per heavy atom. The van der Waals surface area contributed by atoms with E-state index in [1.807, 2.05) is 32.0 Å². The smallest absolute Gasteiger partial charge is 0.270 e. The van der Waals surface area contributed by atoms with Crippen molar-refractivity contribution in [3.63, 3.8) is 0 Å². The summed E-state index contributed by atoms with van der Waals surface area (Å²) in [5.41, 5.74) is 3.53. The first-order valence-corrected chi connectivity index (χ1v) is 10.3. The lowest BCUT2D eigenvalue weighted by Gasteiger charge is -2.17. The monoisotopic (exact) mass is 436 g/mol. The second-order valence-electron chi connectivity index (χ2n) is 6.81. The molecule has 2 heterocycles. The number of hydrogen-bond donors (Lipinski definition) is 0. The van der Waals surface area contributed by atoms with E-state index >= 15 is 0 Å². The highest BCUT2D eigenvalue weighted by molar-refractivity contribution is 8.27. The largest absolute Gasteiger partial charge is 0.457 e. The Labute approximate surface area is 182 Å². The number of non-ortho nitro benzene ring substituents is 1. The van der Waals surface area contributed by atoms with Crippen LogP contribution in [0.1, 0.15) is 16.9 Å². The third-order valence-electron chi connectivity index (χ3n) is 4.66. The predicted octanol–water partition coefficient (Wildman–Crippen LogP) is 5.88. The van der Waals surface area contributed by atoms with E-state index in [0.717, 1.165) is 16.8 Å². The van der Waals surface area contributed by atoms with Gasteiger partial charge in [0.25, 0.3) is 11.6 Å². The number of nitrogens with zero attached hydrogens (tertiary/aromatic N) is 2. The molecule has 6 nitrogen and oxygen atoms in total. The molecule has 0 unspecified atom stereocenters. The molecule has 0 atom stereocenters. The van der Waals surface area contributed by atoms with Gasteiger partial charge in [0.15, 0.2) is 4.32 Å². The maximum absolute atomic E-state index is 13.0. The second-order valence-corrected chi connectivity index (χ2v) is 8.49. The van der Waals surface area contributed by atoms with Crippen molar-refractivity contribution in [3.05, 3.63) is 86.5 Å². The number of thiocarbonyl (C=S) groups is 1. The second kappa shape index (κ2) is 7.89. The Morgan fingerprint density at radius 1 is 1.10 bits per heavy atom. The average Bonchev–Trinajstić information content (AvgIpc) is 3.29. The van der Waals surface area contributed by atoms with Gasteiger partial charge in [0, 0.05) is 23.8 Å². The predicted molar refractivity (Wildman–Crippen MR) is 122 cm³/mol. The summed E-state index contributed by atoms with van der Waals surface area (Å²) in [6, 6.07) is 15.5. The molecular weight excluding hydrogens is 420 g/mol. The van der Waals surface area contributed by atoms with Crippen LogP contribution in [0.15, 0.2) is 63.9 Å². The molecule has 1 fully saturated rings. The molecule has 0 spiro atoms. The fourth-order valence-electron chi connectivity index (χ4n) is 3.10. The number of thioether (sulfide) groups is 1. The van der Waals surface area contributed by atoms with Gasteiger partial charge in [-0.25, -0.2) is 0 Å². The number of nitro benzene ring substituents is 1. The molecular formula is C22H16N2O4S2. The first kappa shape index (κ1) is 20.1. The number of furan rings is 1. The van der Waals surface area contributed by atoms with Gasteiger partial charge >= 0.3 is 0 Å². The minimum absolute atomic E-state index is 0.0145. The molecule has 1 saturated heterocycles. The summed E-state index contributed by atoms with van der Waals surface area (Å²) in [5, 5.41) is 10.8. The van der Waals surface area contributed by atoms with Crippen LogP contribution in [0.4, 0.5) is 11.4 Å². The Kier molecular flexibility index (Phi) is 5.27. The van der Waals surface area contributed by atoms with Gasteiger partial charge in [-0.2, -0.15) is 0 Å². The van der Waals surface area contributed by atoms with E-state index in [-0.39, 0.29) is 11.6 Å². The van der Waals surface area contributed by atoms with Crippen LogP contribution in [-0.2, 0) is 4.79 Å². The number of benzene rings is 2. The van der Waals surface area contributed by atoms with Crippen LogP contribution in [-0.4, -0.2) is 15.2 Å². The minimum atomic E-state index is -0.449. The van der Waals surface area contributed by atoms with Gasteiger partial charge in [-0.05, 0) is 55.3 Å². The lowest BCUT2D eigenvalue weighted by molar-refractivity contribution is -0.384. The highest BCUT2D eigenvalue weighted by atomic mass is 32.2. The zero-order valence-electron chi connectivity index (χ0n) is 16.1. The van der Waals surface area contributed by atoms with Crippen molar-refractivity contribution in [1.82, 2.24) is 0 Å². The Balaban J connectivity index is 1.60. The summed E-state index contributed by atoms with van der Waals surface area (Å²) < 4.78 is 6.30. The number of nitro groups is 1. The minimum Gasteiger partial charge on any atom is -0.457 e. The van der Waals surface area contributed by atoms with Gasteiger partial charge in [-0.1, -0.05) is 36.1 Å². The third-order valence-corrected chi connectivity index (χ3v) is 5.96. The lowest BCUT2D eigenvalue weighted by Crippen LogP contribution is -2.28. The van der Waals surface area contributed by atoms with Gasteiger partial charge in [-0.15, -0.1) is 0 Å². The van der Waals surface area contributed by atoms with Crippen LogP contribution in [0.25, 0.3) is 17.4 Å². The molecule has 0 bridgehead atoms. The molecule has 0 aliphatic carbocycles. The molecule has 1 aliphatic heterocycles. The van der Waals surface area contributed by atoms with E-state index in [9.17, 15) is 14.9 Å². The van der Waals surface area contributed by atoms with Gasteiger partial charge in [0.05, 0.1) is 15.5 Å². The van der Waals surface area contributed by atoms with Crippen molar-refractivity contribution in [3.8, 4) is 11.3 Å². The van der Waals surface area contributed by atoms with Crippen molar-refractivity contribution >= 4 is 51.7 Å². The first-order chi connectivity index (χ1) is 14.3.